The summed E-state index contributed by atoms with van der Waals surface area (Å²) in [6.45, 7) is 2.65. The fourth-order valence-corrected chi connectivity index (χ4v) is 2.00. The minimum absolute atomic E-state index is 0.170. The Hall–Kier alpha value is -0.270. The first-order chi connectivity index (χ1) is 8.42. The standard InChI is InChI=1S/C11H17NO3S.ClHS/c1-10-4-6-11(7-5-10)16(13,14)15-9-8-12(2)3;1-2/h4-7H,8-9H2,1-3H3;2H. The molecule has 1 rings (SSSR count). The van der Waals surface area contributed by atoms with Gasteiger partial charge in [-0.25, -0.2) is 0 Å². The van der Waals surface area contributed by atoms with Crippen LogP contribution in [0.1, 0.15) is 5.56 Å². The molecule has 0 atom stereocenters. The minimum Gasteiger partial charge on any atom is -0.307 e. The van der Waals surface area contributed by atoms with E-state index >= 15 is 0 Å². The van der Waals surface area contributed by atoms with Gasteiger partial charge >= 0.3 is 0 Å². The average Bonchev–Trinajstić information content (AvgIpc) is 2.31. The molecule has 0 aromatic heterocycles. The first-order valence-electron chi connectivity index (χ1n) is 5.19. The van der Waals surface area contributed by atoms with E-state index in [2.05, 4.69) is 22.5 Å². The number of hydrogen-bond donors (Lipinski definition) is 1. The van der Waals surface area contributed by atoms with Crippen molar-refractivity contribution < 1.29 is 12.6 Å². The van der Waals surface area contributed by atoms with Crippen LogP contribution >= 0.6 is 22.5 Å². The highest BCUT2D eigenvalue weighted by molar-refractivity contribution is 8.05. The van der Waals surface area contributed by atoms with Crippen LogP contribution in [-0.2, 0) is 14.3 Å². The fourth-order valence-electron chi connectivity index (χ4n) is 1.10. The van der Waals surface area contributed by atoms with Gasteiger partial charge in [0.05, 0.1) is 11.5 Å². The molecule has 0 bridgehead atoms. The zero-order valence-electron chi connectivity index (χ0n) is 10.6. The molecule has 0 radical (unpaired) electrons. The zero-order valence-corrected chi connectivity index (χ0v) is 13.1. The Labute approximate surface area is 119 Å². The number of likely N-dealkylation sites (N-methyl/N-ethyl adjacent to an activating group) is 1. The fraction of sp³-hybridized carbons (Fsp3) is 0.455. The van der Waals surface area contributed by atoms with Gasteiger partial charge in [-0.2, -0.15) is 8.42 Å². The van der Waals surface area contributed by atoms with Crippen LogP contribution in [-0.4, -0.2) is 40.6 Å². The van der Waals surface area contributed by atoms with Crippen molar-refractivity contribution in [2.45, 2.75) is 11.8 Å². The van der Waals surface area contributed by atoms with Crippen molar-refractivity contribution in [3.8, 4) is 0 Å². The molecule has 18 heavy (non-hydrogen) atoms. The summed E-state index contributed by atoms with van der Waals surface area (Å²) in [6.07, 6.45) is 0. The van der Waals surface area contributed by atoms with Crippen LogP contribution < -0.4 is 0 Å². The van der Waals surface area contributed by atoms with Gasteiger partial charge in [0.2, 0.25) is 0 Å². The van der Waals surface area contributed by atoms with E-state index in [9.17, 15) is 8.42 Å². The normalized spacial score (nSPS) is 11.0. The maximum Gasteiger partial charge on any atom is 0.297 e. The Morgan fingerprint density at radius 3 is 2.17 bits per heavy atom. The third-order valence-electron chi connectivity index (χ3n) is 2.09. The maximum atomic E-state index is 11.7. The quantitative estimate of drug-likeness (QED) is 0.670. The molecule has 4 nitrogen and oxygen atoms in total. The van der Waals surface area contributed by atoms with Gasteiger partial charge in [0.25, 0.3) is 10.1 Å². The summed E-state index contributed by atoms with van der Waals surface area (Å²) in [5.74, 6) is 0. The van der Waals surface area contributed by atoms with E-state index in [1.807, 2.05) is 25.9 Å². The molecular formula is C11H18ClNO3S2. The molecule has 0 heterocycles. The van der Waals surface area contributed by atoms with Crippen molar-refractivity contribution in [3.05, 3.63) is 29.8 Å². The topological polar surface area (TPSA) is 46.6 Å². The molecular weight excluding hydrogens is 294 g/mol. The molecule has 0 saturated heterocycles. The third-order valence-corrected chi connectivity index (χ3v) is 3.41. The molecule has 0 amide bonds. The second-order valence-corrected chi connectivity index (χ2v) is 5.51. The molecule has 0 saturated carbocycles. The second-order valence-electron chi connectivity index (χ2n) is 3.89. The summed E-state index contributed by atoms with van der Waals surface area (Å²) in [4.78, 5) is 2.07. The van der Waals surface area contributed by atoms with Crippen LogP contribution in [0.3, 0.4) is 0 Å². The predicted octanol–water partition coefficient (Wildman–Crippen LogP) is 2.33. The van der Waals surface area contributed by atoms with Gasteiger partial charge in [0.15, 0.2) is 0 Å². The Morgan fingerprint density at radius 1 is 1.22 bits per heavy atom. The molecule has 1 aromatic rings. The lowest BCUT2D eigenvalue weighted by Gasteiger charge is -2.10. The molecule has 0 aliphatic heterocycles. The summed E-state index contributed by atoms with van der Waals surface area (Å²) < 4.78 is 28.3. The van der Waals surface area contributed by atoms with Crippen molar-refractivity contribution >= 4 is 32.6 Å². The van der Waals surface area contributed by atoms with E-state index in [1.54, 1.807) is 24.3 Å². The number of thiol groups is 1. The highest BCUT2D eigenvalue weighted by atomic mass is 35.7. The summed E-state index contributed by atoms with van der Waals surface area (Å²) in [6, 6.07) is 6.62. The van der Waals surface area contributed by atoms with Crippen LogP contribution in [0.2, 0.25) is 0 Å². The molecule has 7 heteroatoms. The number of aryl methyl sites for hydroxylation is 1. The van der Waals surface area contributed by atoms with Gasteiger partial charge < -0.3 is 4.90 Å². The lowest BCUT2D eigenvalue weighted by Crippen LogP contribution is -2.20. The SMILES string of the molecule is Cc1ccc(S(=O)(=O)OCCN(C)C)cc1.SCl. The van der Waals surface area contributed by atoms with Crippen LogP contribution in [0.5, 0.6) is 0 Å². The van der Waals surface area contributed by atoms with Crippen LogP contribution in [0.25, 0.3) is 0 Å². The molecule has 0 spiro atoms. The van der Waals surface area contributed by atoms with E-state index in [1.165, 1.54) is 0 Å². The first-order valence-corrected chi connectivity index (χ1v) is 7.95. The largest absolute Gasteiger partial charge is 0.307 e. The number of nitrogens with zero attached hydrogens (tertiary/aromatic N) is 1. The molecule has 0 aliphatic carbocycles. The predicted molar refractivity (Wildman–Crippen MR) is 77.7 cm³/mol. The van der Waals surface area contributed by atoms with Crippen molar-refractivity contribution in [1.82, 2.24) is 4.90 Å². The van der Waals surface area contributed by atoms with Crippen LogP contribution in [0.15, 0.2) is 29.2 Å². The summed E-state index contributed by atoms with van der Waals surface area (Å²) in [5, 5.41) is 0. The van der Waals surface area contributed by atoms with Gasteiger partial charge in [-0.15, -0.1) is 0 Å². The van der Waals surface area contributed by atoms with Crippen LogP contribution in [0, 0.1) is 6.92 Å². The summed E-state index contributed by atoms with van der Waals surface area (Å²) >= 11 is 3.00. The van der Waals surface area contributed by atoms with Crippen molar-refractivity contribution in [1.29, 1.82) is 0 Å². The minimum atomic E-state index is -3.60. The molecule has 0 unspecified atom stereocenters. The zero-order chi connectivity index (χ0) is 14.2. The van der Waals surface area contributed by atoms with Crippen molar-refractivity contribution in [2.24, 2.45) is 0 Å². The second kappa shape index (κ2) is 8.77. The van der Waals surface area contributed by atoms with Gasteiger partial charge in [0, 0.05) is 6.54 Å². The van der Waals surface area contributed by atoms with E-state index in [4.69, 9.17) is 4.18 Å². The van der Waals surface area contributed by atoms with E-state index in [-0.39, 0.29) is 11.5 Å². The smallest absolute Gasteiger partial charge is 0.297 e. The summed E-state index contributed by atoms with van der Waals surface area (Å²) in [7, 11) is 4.46. The molecule has 0 N–H and O–H groups in total. The van der Waals surface area contributed by atoms with Crippen molar-refractivity contribution in [2.75, 3.05) is 27.2 Å². The number of halogens is 1. The maximum absolute atomic E-state index is 11.7. The van der Waals surface area contributed by atoms with E-state index in [0.29, 0.717) is 6.54 Å². The highest BCUT2D eigenvalue weighted by Crippen LogP contribution is 2.12. The Kier molecular flexibility index (Phi) is 8.64. The molecule has 104 valence electrons. The number of benzene rings is 1. The first kappa shape index (κ1) is 17.7. The van der Waals surface area contributed by atoms with Crippen LogP contribution in [0.4, 0.5) is 0 Å². The van der Waals surface area contributed by atoms with Gasteiger partial charge in [-0.05, 0) is 43.8 Å². The van der Waals surface area contributed by atoms with Gasteiger partial charge in [-0.1, -0.05) is 29.5 Å². The third kappa shape index (κ3) is 6.61. The number of hydrogen-bond acceptors (Lipinski definition) is 5. The van der Waals surface area contributed by atoms with E-state index in [0.717, 1.165) is 5.56 Å². The Morgan fingerprint density at radius 2 is 1.72 bits per heavy atom. The van der Waals surface area contributed by atoms with Gasteiger partial charge in [0.1, 0.15) is 0 Å². The highest BCUT2D eigenvalue weighted by Gasteiger charge is 2.14. The molecule has 0 aliphatic rings. The van der Waals surface area contributed by atoms with E-state index < -0.39 is 10.1 Å². The Bertz CT molecular complexity index is 432. The summed E-state index contributed by atoms with van der Waals surface area (Å²) in [5.41, 5.74) is 1.02. The lowest BCUT2D eigenvalue weighted by atomic mass is 10.2. The Balaban J connectivity index is 0.00000137. The average molecular weight is 312 g/mol. The monoisotopic (exact) mass is 311 g/mol. The molecule has 0 fully saturated rings. The van der Waals surface area contributed by atoms with Crippen molar-refractivity contribution in [3.63, 3.8) is 0 Å². The molecule has 1 aromatic carbocycles. The number of rotatable bonds is 5. The van der Waals surface area contributed by atoms with Gasteiger partial charge in [-0.3, -0.25) is 4.18 Å². The lowest BCUT2D eigenvalue weighted by molar-refractivity contribution is 0.265.